The van der Waals surface area contributed by atoms with E-state index in [0.29, 0.717) is 38.2 Å². The molecule has 3 rings (SSSR count). The van der Waals surface area contributed by atoms with Gasteiger partial charge < -0.3 is 15.5 Å². The van der Waals surface area contributed by atoms with Crippen molar-refractivity contribution in [2.45, 2.75) is 38.5 Å². The highest BCUT2D eigenvalue weighted by molar-refractivity contribution is 6.99. The zero-order valence-electron chi connectivity index (χ0n) is 17.1. The van der Waals surface area contributed by atoms with Gasteiger partial charge in [0, 0.05) is 26.1 Å². The molecule has 9 heteroatoms. The molecule has 2 heterocycles. The van der Waals surface area contributed by atoms with Gasteiger partial charge in [-0.25, -0.2) is 0 Å². The summed E-state index contributed by atoms with van der Waals surface area (Å²) in [7, 11) is 0. The summed E-state index contributed by atoms with van der Waals surface area (Å²) >= 11 is 0.981. The first kappa shape index (κ1) is 21.9. The Hall–Kier alpha value is -2.81. The van der Waals surface area contributed by atoms with E-state index in [0.717, 1.165) is 30.1 Å². The average Bonchev–Trinajstić information content (AvgIpc) is 3.18. The predicted molar refractivity (Wildman–Crippen MR) is 114 cm³/mol. The Labute approximate surface area is 180 Å². The van der Waals surface area contributed by atoms with E-state index < -0.39 is 0 Å². The number of carbonyl (C=O) groups excluding carboxylic acids is 3. The minimum Gasteiger partial charge on any atom is -0.356 e. The number of benzene rings is 1. The minimum absolute atomic E-state index is 0.00875. The number of aryl methyl sites for hydroxylation is 1. The topological polar surface area (TPSA) is 104 Å². The molecule has 1 aromatic carbocycles. The molecular formula is C21H27N5O3S. The quantitative estimate of drug-likeness (QED) is 0.759. The first-order chi connectivity index (χ1) is 14.5. The Kier molecular flexibility index (Phi) is 7.89. The number of amides is 3. The molecule has 1 aromatic heterocycles. The van der Waals surface area contributed by atoms with Gasteiger partial charge in [0.15, 0.2) is 5.69 Å². The summed E-state index contributed by atoms with van der Waals surface area (Å²) in [6, 6.07) is 10.0. The van der Waals surface area contributed by atoms with E-state index in [4.69, 9.17) is 0 Å². The van der Waals surface area contributed by atoms with Gasteiger partial charge in [0.1, 0.15) is 0 Å². The fourth-order valence-corrected chi connectivity index (χ4v) is 4.08. The molecule has 8 nitrogen and oxygen atoms in total. The van der Waals surface area contributed by atoms with Crippen LogP contribution in [0, 0.1) is 6.92 Å². The Bertz CT molecular complexity index is 871. The van der Waals surface area contributed by atoms with Crippen LogP contribution in [-0.4, -0.2) is 57.5 Å². The molecule has 2 N–H and O–H groups in total. The molecule has 0 aliphatic carbocycles. The van der Waals surface area contributed by atoms with Gasteiger partial charge in [-0.15, -0.1) is 0 Å². The molecule has 0 bridgehead atoms. The third-order valence-corrected chi connectivity index (χ3v) is 5.83. The summed E-state index contributed by atoms with van der Waals surface area (Å²) in [6.45, 7) is 2.98. The van der Waals surface area contributed by atoms with Crippen molar-refractivity contribution in [2.75, 3.05) is 26.2 Å². The van der Waals surface area contributed by atoms with E-state index in [1.165, 1.54) is 4.90 Å². The highest BCUT2D eigenvalue weighted by Crippen LogP contribution is 2.24. The number of aromatic nitrogens is 2. The summed E-state index contributed by atoms with van der Waals surface area (Å²) in [4.78, 5) is 39.1. The fraction of sp³-hybridized carbons (Fsp3) is 0.476. The molecule has 1 aliphatic rings. The maximum absolute atomic E-state index is 12.8. The lowest BCUT2D eigenvalue weighted by Crippen LogP contribution is -2.43. The number of hydrogen-bond donors (Lipinski definition) is 2. The van der Waals surface area contributed by atoms with E-state index >= 15 is 0 Å². The van der Waals surface area contributed by atoms with Crippen LogP contribution in [-0.2, 0) is 9.59 Å². The first-order valence-electron chi connectivity index (χ1n) is 10.2. The smallest absolute Gasteiger partial charge is 0.275 e. The highest BCUT2D eigenvalue weighted by atomic mass is 32.1. The molecule has 0 radical (unpaired) electrons. The Morgan fingerprint density at radius 1 is 1.07 bits per heavy atom. The van der Waals surface area contributed by atoms with Crippen LogP contribution in [0.3, 0.4) is 0 Å². The van der Waals surface area contributed by atoms with Crippen LogP contribution >= 0.6 is 11.7 Å². The Morgan fingerprint density at radius 3 is 2.57 bits per heavy atom. The molecule has 1 unspecified atom stereocenters. The summed E-state index contributed by atoms with van der Waals surface area (Å²) in [5.74, 6) is -0.315. The number of rotatable bonds is 2. The number of carbonyl (C=O) groups is 3. The summed E-state index contributed by atoms with van der Waals surface area (Å²) in [6.07, 6.45) is 2.45. The highest BCUT2D eigenvalue weighted by Gasteiger charge is 2.23. The van der Waals surface area contributed by atoms with E-state index in [1.54, 1.807) is 6.92 Å². The Morgan fingerprint density at radius 2 is 1.83 bits per heavy atom. The van der Waals surface area contributed by atoms with Crippen molar-refractivity contribution in [3.8, 4) is 0 Å². The Balaban J connectivity index is 1.69. The van der Waals surface area contributed by atoms with Crippen LogP contribution in [0.5, 0.6) is 0 Å². The minimum atomic E-state index is -0.308. The monoisotopic (exact) mass is 429 g/mol. The fourth-order valence-electron chi connectivity index (χ4n) is 3.54. The maximum atomic E-state index is 12.8. The van der Waals surface area contributed by atoms with E-state index in [9.17, 15) is 14.4 Å². The standard InChI is InChI=1S/C21H27N5O3S/c1-15-20(25-30-24-15)21(29)26-13-5-11-22-18(27)9-8-17(10-12-23-19(28)14-26)16-6-3-2-4-7-16/h2-4,6-7,17H,5,8-14H2,1H3,(H,22,27)(H,23,28). The molecule has 2 aromatic rings. The van der Waals surface area contributed by atoms with Gasteiger partial charge in [0.2, 0.25) is 11.8 Å². The number of nitrogens with one attached hydrogen (secondary N) is 2. The van der Waals surface area contributed by atoms with Crippen LogP contribution < -0.4 is 10.6 Å². The lowest BCUT2D eigenvalue weighted by atomic mass is 9.91. The predicted octanol–water partition coefficient (Wildman–Crippen LogP) is 1.88. The molecule has 0 saturated carbocycles. The van der Waals surface area contributed by atoms with Crippen LogP contribution in [0.25, 0.3) is 0 Å². The lowest BCUT2D eigenvalue weighted by molar-refractivity contribution is -0.123. The second-order valence-electron chi connectivity index (χ2n) is 7.41. The van der Waals surface area contributed by atoms with Crippen LogP contribution in [0.1, 0.15) is 53.3 Å². The third kappa shape index (κ3) is 6.09. The van der Waals surface area contributed by atoms with Crippen molar-refractivity contribution in [3.05, 3.63) is 47.3 Å². The second-order valence-corrected chi connectivity index (χ2v) is 7.94. The zero-order chi connectivity index (χ0) is 21.3. The molecule has 1 aliphatic heterocycles. The first-order valence-corrected chi connectivity index (χ1v) is 10.9. The SMILES string of the molecule is Cc1nsnc1C(=O)N1CCCNC(=O)CCC(c2ccccc2)CCNC(=O)C1. The van der Waals surface area contributed by atoms with Gasteiger partial charge in [-0.05, 0) is 37.7 Å². The third-order valence-electron chi connectivity index (χ3n) is 5.21. The van der Waals surface area contributed by atoms with Gasteiger partial charge in [-0.3, -0.25) is 14.4 Å². The average molecular weight is 430 g/mol. The molecule has 1 saturated heterocycles. The lowest BCUT2D eigenvalue weighted by Gasteiger charge is -2.23. The van der Waals surface area contributed by atoms with E-state index in [-0.39, 0.29) is 35.9 Å². The molecule has 0 spiro atoms. The van der Waals surface area contributed by atoms with Crippen molar-refractivity contribution in [1.29, 1.82) is 0 Å². The van der Waals surface area contributed by atoms with Crippen LogP contribution in [0.2, 0.25) is 0 Å². The molecular weight excluding hydrogens is 402 g/mol. The van der Waals surface area contributed by atoms with Gasteiger partial charge in [-0.1, -0.05) is 30.3 Å². The van der Waals surface area contributed by atoms with E-state index in [2.05, 4.69) is 31.5 Å². The van der Waals surface area contributed by atoms with Crippen molar-refractivity contribution in [1.82, 2.24) is 24.3 Å². The van der Waals surface area contributed by atoms with Crippen LogP contribution in [0.4, 0.5) is 0 Å². The number of nitrogens with zero attached hydrogens (tertiary/aromatic N) is 3. The van der Waals surface area contributed by atoms with E-state index in [1.807, 2.05) is 18.2 Å². The molecule has 30 heavy (non-hydrogen) atoms. The summed E-state index contributed by atoms with van der Waals surface area (Å²) in [5, 5.41) is 5.85. The summed E-state index contributed by atoms with van der Waals surface area (Å²) < 4.78 is 8.12. The molecule has 3 amide bonds. The van der Waals surface area contributed by atoms with Crippen molar-refractivity contribution in [2.24, 2.45) is 0 Å². The largest absolute Gasteiger partial charge is 0.356 e. The molecule has 1 fully saturated rings. The molecule has 160 valence electrons. The second kappa shape index (κ2) is 10.8. The van der Waals surface area contributed by atoms with Gasteiger partial charge in [0.05, 0.1) is 24.0 Å². The van der Waals surface area contributed by atoms with Crippen molar-refractivity contribution >= 4 is 29.4 Å². The summed E-state index contributed by atoms with van der Waals surface area (Å²) in [5.41, 5.74) is 2.00. The maximum Gasteiger partial charge on any atom is 0.275 e. The van der Waals surface area contributed by atoms with Gasteiger partial charge >= 0.3 is 0 Å². The van der Waals surface area contributed by atoms with Gasteiger partial charge in [0.25, 0.3) is 5.91 Å². The van der Waals surface area contributed by atoms with Crippen molar-refractivity contribution in [3.63, 3.8) is 0 Å². The molecule has 1 atom stereocenters. The van der Waals surface area contributed by atoms with Crippen molar-refractivity contribution < 1.29 is 14.4 Å². The normalized spacial score (nSPS) is 19.5. The van der Waals surface area contributed by atoms with Crippen LogP contribution in [0.15, 0.2) is 30.3 Å². The number of hydrogen-bond acceptors (Lipinski definition) is 6. The zero-order valence-corrected chi connectivity index (χ0v) is 17.9. The van der Waals surface area contributed by atoms with Gasteiger partial charge in [-0.2, -0.15) is 8.75 Å².